The minimum absolute atomic E-state index is 0.106. The first-order valence-electron chi connectivity index (χ1n) is 8.97. The largest absolute Gasteiger partial charge is 0.384 e. The van der Waals surface area contributed by atoms with Crippen LogP contribution in [0.3, 0.4) is 0 Å². The van der Waals surface area contributed by atoms with Crippen LogP contribution in [0.4, 0.5) is 22.7 Å². The van der Waals surface area contributed by atoms with Crippen LogP contribution < -0.4 is 21.3 Å². The van der Waals surface area contributed by atoms with Crippen molar-refractivity contribution in [2.75, 3.05) is 48.5 Å². The second-order valence-electron chi connectivity index (χ2n) is 6.62. The minimum Gasteiger partial charge on any atom is -0.384 e. The van der Waals surface area contributed by atoms with E-state index >= 15 is 0 Å². The second-order valence-corrected chi connectivity index (χ2v) is 7.43. The zero-order valence-electron chi connectivity index (χ0n) is 16.3. The zero-order chi connectivity index (χ0) is 20.5. The van der Waals surface area contributed by atoms with Crippen LogP contribution in [0.1, 0.15) is 13.3 Å². The number of benzene rings is 2. The van der Waals surface area contributed by atoms with Gasteiger partial charge in [-0.3, -0.25) is 4.79 Å². The van der Waals surface area contributed by atoms with E-state index in [1.165, 1.54) is 6.92 Å². The number of thiocarbonyl (C=S) groups is 1. The van der Waals surface area contributed by atoms with Crippen LogP contribution in [0.25, 0.3) is 0 Å². The van der Waals surface area contributed by atoms with Gasteiger partial charge in [0.1, 0.15) is 0 Å². The fourth-order valence-corrected chi connectivity index (χ4v) is 2.97. The Hall–Kier alpha value is -2.35. The summed E-state index contributed by atoms with van der Waals surface area (Å²) in [6.45, 7) is 3.36. The third-order valence-corrected chi connectivity index (χ3v) is 4.30. The summed E-state index contributed by atoms with van der Waals surface area (Å²) in [5, 5.41) is 13.4. The lowest BCUT2D eigenvalue weighted by atomic mass is 10.2. The fourth-order valence-electron chi connectivity index (χ4n) is 2.49. The van der Waals surface area contributed by atoms with Crippen molar-refractivity contribution in [3.8, 4) is 0 Å². The lowest BCUT2D eigenvalue weighted by Crippen LogP contribution is -2.19. The molecule has 4 N–H and O–H groups in total. The van der Waals surface area contributed by atoms with E-state index in [1.807, 2.05) is 30.3 Å². The molecule has 0 heterocycles. The van der Waals surface area contributed by atoms with Crippen molar-refractivity contribution >= 4 is 57.6 Å². The molecule has 0 fully saturated rings. The number of halogens is 1. The molecular weight excluding hydrogens is 394 g/mol. The Balaban J connectivity index is 1.86. The molecule has 6 nitrogen and oxygen atoms in total. The van der Waals surface area contributed by atoms with Gasteiger partial charge >= 0.3 is 0 Å². The number of hydrogen-bond donors (Lipinski definition) is 4. The molecule has 0 saturated carbocycles. The van der Waals surface area contributed by atoms with Gasteiger partial charge in [0.15, 0.2) is 5.11 Å². The van der Waals surface area contributed by atoms with Crippen molar-refractivity contribution in [1.29, 1.82) is 0 Å². The van der Waals surface area contributed by atoms with Crippen LogP contribution in [-0.4, -0.2) is 43.1 Å². The summed E-state index contributed by atoms with van der Waals surface area (Å²) in [4.78, 5) is 13.2. The summed E-state index contributed by atoms with van der Waals surface area (Å²) in [5.41, 5.74) is 3.25. The van der Waals surface area contributed by atoms with Crippen LogP contribution in [0.2, 0.25) is 5.02 Å². The molecule has 0 aromatic heterocycles. The average molecular weight is 420 g/mol. The smallest absolute Gasteiger partial charge is 0.221 e. The summed E-state index contributed by atoms with van der Waals surface area (Å²) in [6, 6.07) is 13.0. The zero-order valence-corrected chi connectivity index (χ0v) is 17.9. The Kier molecular flexibility index (Phi) is 8.50. The second kappa shape index (κ2) is 10.8. The third-order valence-electron chi connectivity index (χ3n) is 3.79. The quantitative estimate of drug-likeness (QED) is 0.374. The van der Waals surface area contributed by atoms with E-state index in [9.17, 15) is 4.79 Å². The first-order chi connectivity index (χ1) is 13.3. The average Bonchev–Trinajstić information content (AvgIpc) is 2.61. The van der Waals surface area contributed by atoms with Gasteiger partial charge in [0.05, 0.1) is 10.7 Å². The van der Waals surface area contributed by atoms with E-state index in [0.29, 0.717) is 10.1 Å². The van der Waals surface area contributed by atoms with Crippen molar-refractivity contribution in [3.63, 3.8) is 0 Å². The number of carbonyl (C=O) groups excluding carboxylic acids is 1. The van der Waals surface area contributed by atoms with Gasteiger partial charge in [0.25, 0.3) is 0 Å². The monoisotopic (exact) mass is 419 g/mol. The lowest BCUT2D eigenvalue weighted by molar-refractivity contribution is -0.114. The minimum atomic E-state index is -0.106. The van der Waals surface area contributed by atoms with E-state index in [4.69, 9.17) is 23.8 Å². The van der Waals surface area contributed by atoms with Crippen LogP contribution >= 0.6 is 23.8 Å². The normalized spacial score (nSPS) is 10.5. The number of hydrogen-bond acceptors (Lipinski definition) is 4. The molecule has 0 aliphatic rings. The molecular formula is C20H26ClN5OS. The van der Waals surface area contributed by atoms with Crippen molar-refractivity contribution in [2.24, 2.45) is 0 Å². The highest BCUT2D eigenvalue weighted by Gasteiger charge is 2.04. The van der Waals surface area contributed by atoms with Crippen LogP contribution in [0.5, 0.6) is 0 Å². The third kappa shape index (κ3) is 7.72. The predicted octanol–water partition coefficient (Wildman–Crippen LogP) is 4.47. The molecule has 2 aromatic rings. The first kappa shape index (κ1) is 21.9. The number of amides is 1. The van der Waals surface area contributed by atoms with E-state index in [2.05, 4.69) is 40.3 Å². The summed E-state index contributed by atoms with van der Waals surface area (Å²) in [5.74, 6) is -0.106. The SMILES string of the molecule is CC(=O)Nc1ccc(NC(=S)Nc2ccc(NCCCN(C)C)c(Cl)c2)cc1. The predicted molar refractivity (Wildman–Crippen MR) is 124 cm³/mol. The molecule has 1 amide bonds. The molecule has 0 spiro atoms. The maximum atomic E-state index is 11.1. The standard InChI is InChI=1S/C20H26ClN5OS/c1-14(27)23-15-5-7-16(8-6-15)24-20(28)25-17-9-10-19(18(21)13-17)22-11-4-12-26(2)3/h5-10,13,22H,4,11-12H2,1-3H3,(H,23,27)(H2,24,25,28). The molecule has 2 aromatic carbocycles. The molecule has 0 radical (unpaired) electrons. The lowest BCUT2D eigenvalue weighted by Gasteiger charge is -2.14. The Bertz CT molecular complexity index is 811. The molecule has 0 atom stereocenters. The van der Waals surface area contributed by atoms with Gasteiger partial charge in [-0.15, -0.1) is 0 Å². The van der Waals surface area contributed by atoms with Crippen LogP contribution in [-0.2, 0) is 4.79 Å². The number of anilines is 4. The maximum Gasteiger partial charge on any atom is 0.221 e. The van der Waals surface area contributed by atoms with E-state index in [1.54, 1.807) is 12.1 Å². The molecule has 0 saturated heterocycles. The van der Waals surface area contributed by atoms with Gasteiger partial charge in [0, 0.05) is 30.5 Å². The summed E-state index contributed by atoms with van der Waals surface area (Å²) < 4.78 is 0. The number of nitrogens with one attached hydrogen (secondary N) is 4. The van der Waals surface area contributed by atoms with Gasteiger partial charge in [-0.2, -0.15) is 0 Å². The highest BCUT2D eigenvalue weighted by Crippen LogP contribution is 2.25. The first-order valence-corrected chi connectivity index (χ1v) is 9.76. The van der Waals surface area contributed by atoms with Gasteiger partial charge in [0.2, 0.25) is 5.91 Å². The molecule has 150 valence electrons. The molecule has 8 heteroatoms. The fraction of sp³-hybridized carbons (Fsp3) is 0.300. The summed E-state index contributed by atoms with van der Waals surface area (Å²) >= 11 is 11.7. The number of nitrogens with zero attached hydrogens (tertiary/aromatic N) is 1. The van der Waals surface area contributed by atoms with Crippen LogP contribution in [0, 0.1) is 0 Å². The Morgan fingerprint density at radius 3 is 2.14 bits per heavy atom. The van der Waals surface area contributed by atoms with E-state index in [-0.39, 0.29) is 5.91 Å². The van der Waals surface area contributed by atoms with Crippen LogP contribution in [0.15, 0.2) is 42.5 Å². The van der Waals surface area contributed by atoms with E-state index in [0.717, 1.165) is 42.3 Å². The Morgan fingerprint density at radius 2 is 1.57 bits per heavy atom. The van der Waals surface area contributed by atoms with Gasteiger partial charge in [-0.1, -0.05) is 11.6 Å². The van der Waals surface area contributed by atoms with Crippen molar-refractivity contribution in [1.82, 2.24) is 4.90 Å². The van der Waals surface area contributed by atoms with Gasteiger partial charge < -0.3 is 26.2 Å². The Morgan fingerprint density at radius 1 is 1.00 bits per heavy atom. The van der Waals surface area contributed by atoms with Gasteiger partial charge in [-0.25, -0.2) is 0 Å². The maximum absolute atomic E-state index is 11.1. The van der Waals surface area contributed by atoms with Crippen molar-refractivity contribution in [2.45, 2.75) is 13.3 Å². The van der Waals surface area contributed by atoms with Gasteiger partial charge in [-0.05, 0) is 81.7 Å². The Labute approximate surface area is 176 Å². The summed E-state index contributed by atoms with van der Waals surface area (Å²) in [7, 11) is 4.11. The van der Waals surface area contributed by atoms with Crippen molar-refractivity contribution < 1.29 is 4.79 Å². The van der Waals surface area contributed by atoms with Crippen molar-refractivity contribution in [3.05, 3.63) is 47.5 Å². The molecule has 0 bridgehead atoms. The molecule has 0 aliphatic carbocycles. The number of carbonyl (C=O) groups is 1. The molecule has 0 unspecified atom stereocenters. The molecule has 0 aliphatic heterocycles. The highest BCUT2D eigenvalue weighted by atomic mass is 35.5. The highest BCUT2D eigenvalue weighted by molar-refractivity contribution is 7.80. The molecule has 28 heavy (non-hydrogen) atoms. The molecule has 2 rings (SSSR count). The topological polar surface area (TPSA) is 68.4 Å². The summed E-state index contributed by atoms with van der Waals surface area (Å²) in [6.07, 6.45) is 1.04. The van der Waals surface area contributed by atoms with E-state index < -0.39 is 0 Å². The number of rotatable bonds is 8.